The van der Waals surface area contributed by atoms with Crippen LogP contribution in [0.25, 0.3) is 16.8 Å². The number of hydrogen-bond donors (Lipinski definition) is 2. The SMILES string of the molecule is Cc1ccccc1N=Nc1c(N)n2c(nc3ccccc32)[nH]c1=O. The summed E-state index contributed by atoms with van der Waals surface area (Å²) in [6, 6.07) is 15.0. The molecular formula is C17H14N6O. The van der Waals surface area contributed by atoms with E-state index < -0.39 is 5.56 Å². The van der Waals surface area contributed by atoms with E-state index in [1.54, 1.807) is 4.40 Å². The van der Waals surface area contributed by atoms with Crippen molar-refractivity contribution < 1.29 is 0 Å². The minimum absolute atomic E-state index is 0.0638. The van der Waals surface area contributed by atoms with Crippen LogP contribution in [0.1, 0.15) is 5.56 Å². The third kappa shape index (κ3) is 2.14. The normalized spacial score (nSPS) is 11.7. The van der Waals surface area contributed by atoms with Crippen LogP contribution in [0.4, 0.5) is 17.2 Å². The van der Waals surface area contributed by atoms with Crippen LogP contribution >= 0.6 is 0 Å². The lowest BCUT2D eigenvalue weighted by molar-refractivity contribution is 1.08. The monoisotopic (exact) mass is 318 g/mol. The Balaban J connectivity index is 1.94. The fourth-order valence-electron chi connectivity index (χ4n) is 2.61. The number of nitrogen functional groups attached to an aromatic ring is 1. The molecule has 0 fully saturated rings. The molecule has 2 heterocycles. The van der Waals surface area contributed by atoms with Gasteiger partial charge < -0.3 is 5.73 Å². The van der Waals surface area contributed by atoms with Crippen molar-refractivity contribution in [2.24, 2.45) is 10.2 Å². The van der Waals surface area contributed by atoms with Crippen LogP contribution in [-0.2, 0) is 0 Å². The Kier molecular flexibility index (Phi) is 3.13. The molecule has 0 bridgehead atoms. The molecule has 7 heteroatoms. The lowest BCUT2D eigenvalue weighted by Gasteiger charge is -2.03. The smallest absolute Gasteiger partial charge is 0.282 e. The minimum atomic E-state index is -0.423. The predicted molar refractivity (Wildman–Crippen MR) is 93.1 cm³/mol. The fraction of sp³-hybridized carbons (Fsp3) is 0.0588. The number of rotatable bonds is 2. The first-order valence-corrected chi connectivity index (χ1v) is 7.41. The lowest BCUT2D eigenvalue weighted by Crippen LogP contribution is -2.12. The highest BCUT2D eigenvalue weighted by atomic mass is 16.1. The van der Waals surface area contributed by atoms with Crippen molar-refractivity contribution in [3.63, 3.8) is 0 Å². The number of aromatic nitrogens is 3. The highest BCUT2D eigenvalue weighted by molar-refractivity contribution is 5.82. The van der Waals surface area contributed by atoms with Crippen LogP contribution in [0.5, 0.6) is 0 Å². The van der Waals surface area contributed by atoms with Gasteiger partial charge in [0.05, 0.1) is 16.7 Å². The van der Waals surface area contributed by atoms with E-state index in [9.17, 15) is 4.79 Å². The summed E-state index contributed by atoms with van der Waals surface area (Å²) in [5.41, 5.74) is 9.02. The summed E-state index contributed by atoms with van der Waals surface area (Å²) in [6.45, 7) is 1.93. The van der Waals surface area contributed by atoms with Crippen molar-refractivity contribution in [2.75, 3.05) is 5.73 Å². The Hall–Kier alpha value is -3.48. The van der Waals surface area contributed by atoms with Gasteiger partial charge in [-0.1, -0.05) is 30.3 Å². The zero-order chi connectivity index (χ0) is 16.7. The van der Waals surface area contributed by atoms with Gasteiger partial charge in [-0.3, -0.25) is 14.2 Å². The molecule has 0 aliphatic heterocycles. The highest BCUT2D eigenvalue weighted by Crippen LogP contribution is 2.25. The van der Waals surface area contributed by atoms with Crippen molar-refractivity contribution in [1.82, 2.24) is 14.4 Å². The van der Waals surface area contributed by atoms with Gasteiger partial charge >= 0.3 is 0 Å². The summed E-state index contributed by atoms with van der Waals surface area (Å²) in [6.07, 6.45) is 0. The van der Waals surface area contributed by atoms with Gasteiger partial charge in [-0.05, 0) is 30.7 Å². The van der Waals surface area contributed by atoms with E-state index in [1.165, 1.54) is 0 Å². The number of fused-ring (bicyclic) bond motifs is 3. The van der Waals surface area contributed by atoms with E-state index in [-0.39, 0.29) is 11.5 Å². The number of para-hydroxylation sites is 2. The maximum absolute atomic E-state index is 12.3. The van der Waals surface area contributed by atoms with Gasteiger partial charge in [-0.2, -0.15) is 0 Å². The van der Waals surface area contributed by atoms with Crippen LogP contribution in [-0.4, -0.2) is 14.4 Å². The van der Waals surface area contributed by atoms with Crippen molar-refractivity contribution >= 4 is 34.0 Å². The first-order valence-electron chi connectivity index (χ1n) is 7.41. The molecule has 0 atom stereocenters. The maximum atomic E-state index is 12.3. The molecule has 2 aromatic carbocycles. The number of aromatic amines is 1. The molecule has 4 rings (SSSR count). The number of aryl methyl sites for hydroxylation is 1. The Morgan fingerprint density at radius 2 is 1.83 bits per heavy atom. The molecule has 0 saturated heterocycles. The quantitative estimate of drug-likeness (QED) is 0.553. The maximum Gasteiger partial charge on any atom is 0.282 e. The molecule has 2 aromatic heterocycles. The molecule has 4 aromatic rings. The van der Waals surface area contributed by atoms with Gasteiger partial charge in [0.1, 0.15) is 5.82 Å². The van der Waals surface area contributed by atoms with Crippen LogP contribution in [0.3, 0.4) is 0 Å². The molecule has 0 spiro atoms. The van der Waals surface area contributed by atoms with Gasteiger partial charge in [-0.25, -0.2) is 4.98 Å². The summed E-state index contributed by atoms with van der Waals surface area (Å²) in [5, 5.41) is 8.24. The summed E-state index contributed by atoms with van der Waals surface area (Å²) >= 11 is 0. The number of H-pyrrole nitrogens is 1. The van der Waals surface area contributed by atoms with Gasteiger partial charge in [-0.15, -0.1) is 10.2 Å². The molecule has 7 nitrogen and oxygen atoms in total. The van der Waals surface area contributed by atoms with Gasteiger partial charge in [0, 0.05) is 0 Å². The number of imidazole rings is 1. The molecule has 24 heavy (non-hydrogen) atoms. The summed E-state index contributed by atoms with van der Waals surface area (Å²) in [4.78, 5) is 19.4. The van der Waals surface area contributed by atoms with Gasteiger partial charge in [0.15, 0.2) is 5.69 Å². The van der Waals surface area contributed by atoms with E-state index in [2.05, 4.69) is 20.2 Å². The van der Waals surface area contributed by atoms with Crippen molar-refractivity contribution in [3.05, 3.63) is 64.4 Å². The zero-order valence-corrected chi connectivity index (χ0v) is 12.9. The molecule has 0 amide bonds. The second-order valence-corrected chi connectivity index (χ2v) is 5.43. The second-order valence-electron chi connectivity index (χ2n) is 5.43. The Bertz CT molecular complexity index is 1150. The minimum Gasteiger partial charge on any atom is -0.383 e. The molecule has 3 N–H and O–H groups in total. The number of nitrogens with zero attached hydrogens (tertiary/aromatic N) is 4. The van der Waals surface area contributed by atoms with E-state index >= 15 is 0 Å². The highest BCUT2D eigenvalue weighted by Gasteiger charge is 2.14. The van der Waals surface area contributed by atoms with Crippen LogP contribution in [0, 0.1) is 6.92 Å². The molecule has 118 valence electrons. The van der Waals surface area contributed by atoms with Crippen molar-refractivity contribution in [3.8, 4) is 0 Å². The zero-order valence-electron chi connectivity index (χ0n) is 12.9. The van der Waals surface area contributed by atoms with Crippen molar-refractivity contribution in [2.45, 2.75) is 6.92 Å². The molecule has 0 radical (unpaired) electrons. The lowest BCUT2D eigenvalue weighted by atomic mass is 10.2. The van der Waals surface area contributed by atoms with E-state index in [4.69, 9.17) is 5.73 Å². The summed E-state index contributed by atoms with van der Waals surface area (Å²) in [7, 11) is 0. The standard InChI is InChI=1S/C17H14N6O/c1-10-6-2-3-7-11(10)21-22-14-15(18)23-13-9-5-4-8-12(13)19-17(23)20-16(14)24/h2-9H,18H2,1H3,(H,19,20,24). The van der Waals surface area contributed by atoms with Crippen LogP contribution in [0.2, 0.25) is 0 Å². The Morgan fingerprint density at radius 3 is 2.67 bits per heavy atom. The first-order chi connectivity index (χ1) is 11.6. The van der Waals surface area contributed by atoms with Crippen LogP contribution in [0.15, 0.2) is 63.6 Å². The fourth-order valence-corrected chi connectivity index (χ4v) is 2.61. The summed E-state index contributed by atoms with van der Waals surface area (Å²) in [5.74, 6) is 0.591. The summed E-state index contributed by atoms with van der Waals surface area (Å²) < 4.78 is 1.67. The van der Waals surface area contributed by atoms with E-state index in [1.807, 2.05) is 55.5 Å². The predicted octanol–water partition coefficient (Wildman–Crippen LogP) is 3.48. The average Bonchev–Trinajstić information content (AvgIpc) is 2.94. The first kappa shape index (κ1) is 14.1. The Morgan fingerprint density at radius 1 is 1.08 bits per heavy atom. The average molecular weight is 318 g/mol. The number of hydrogen-bond acceptors (Lipinski definition) is 5. The van der Waals surface area contributed by atoms with E-state index in [0.717, 1.165) is 16.6 Å². The third-order valence-corrected chi connectivity index (χ3v) is 3.86. The van der Waals surface area contributed by atoms with Crippen LogP contribution < -0.4 is 11.3 Å². The third-order valence-electron chi connectivity index (χ3n) is 3.86. The van der Waals surface area contributed by atoms with E-state index in [0.29, 0.717) is 11.5 Å². The molecule has 0 unspecified atom stereocenters. The number of nitrogens with two attached hydrogens (primary N) is 1. The molecular weight excluding hydrogens is 304 g/mol. The number of nitrogens with one attached hydrogen (secondary N) is 1. The Labute approximate surface area is 136 Å². The number of azo groups is 1. The van der Waals surface area contributed by atoms with Gasteiger partial charge in [0.25, 0.3) is 5.56 Å². The largest absolute Gasteiger partial charge is 0.383 e. The number of benzene rings is 2. The van der Waals surface area contributed by atoms with Crippen molar-refractivity contribution in [1.29, 1.82) is 0 Å². The number of anilines is 1. The topological polar surface area (TPSA) is 101 Å². The van der Waals surface area contributed by atoms with Gasteiger partial charge in [0.2, 0.25) is 5.78 Å². The second kappa shape index (κ2) is 5.31. The molecule has 0 aliphatic carbocycles. The molecule has 0 saturated carbocycles. The molecule has 0 aliphatic rings.